The van der Waals surface area contributed by atoms with Crippen molar-refractivity contribution in [1.29, 1.82) is 0 Å². The number of hydrogen-bond donors (Lipinski definition) is 1. The lowest BCUT2D eigenvalue weighted by Crippen LogP contribution is -2.39. The van der Waals surface area contributed by atoms with Gasteiger partial charge in [-0.15, -0.1) is 0 Å². The summed E-state index contributed by atoms with van der Waals surface area (Å²) in [6, 6.07) is 22.4. The van der Waals surface area contributed by atoms with Gasteiger partial charge < -0.3 is 4.74 Å². The van der Waals surface area contributed by atoms with Crippen LogP contribution in [0.15, 0.2) is 88.9 Å². The van der Waals surface area contributed by atoms with E-state index in [2.05, 4.69) is 10.5 Å². The van der Waals surface area contributed by atoms with Crippen LogP contribution in [0.3, 0.4) is 0 Å². The fourth-order valence-electron chi connectivity index (χ4n) is 3.20. The van der Waals surface area contributed by atoms with Crippen molar-refractivity contribution in [2.24, 2.45) is 5.10 Å². The highest BCUT2D eigenvalue weighted by Gasteiger charge is 2.27. The molecule has 1 aliphatic heterocycles. The molecule has 34 heavy (non-hydrogen) atoms. The largest absolute Gasteiger partial charge is 0.489 e. The van der Waals surface area contributed by atoms with Gasteiger partial charge in [0.25, 0.3) is 15.9 Å². The first-order valence-electron chi connectivity index (χ1n) is 10.7. The zero-order valence-corrected chi connectivity index (χ0v) is 20.3. The van der Waals surface area contributed by atoms with E-state index in [1.54, 1.807) is 42.5 Å². The lowest BCUT2D eigenvalue weighted by molar-refractivity contribution is -0.119. The molecule has 1 aliphatic rings. The minimum absolute atomic E-state index is 0.112. The van der Waals surface area contributed by atoms with Gasteiger partial charge in [-0.1, -0.05) is 35.9 Å². The van der Waals surface area contributed by atoms with Gasteiger partial charge in [0.1, 0.15) is 18.4 Å². The van der Waals surface area contributed by atoms with Gasteiger partial charge in [-0.25, -0.2) is 13.8 Å². The molecule has 9 heteroatoms. The van der Waals surface area contributed by atoms with Crippen molar-refractivity contribution in [2.75, 3.05) is 22.4 Å². The number of carbonyl (C=O) groups is 1. The molecule has 0 atom stereocenters. The number of hydrazone groups is 1. The highest BCUT2D eigenvalue weighted by Crippen LogP contribution is 2.24. The van der Waals surface area contributed by atoms with E-state index in [1.165, 1.54) is 18.3 Å². The minimum atomic E-state index is -3.95. The van der Waals surface area contributed by atoms with Crippen molar-refractivity contribution in [2.45, 2.75) is 17.9 Å². The van der Waals surface area contributed by atoms with Crippen LogP contribution in [0, 0.1) is 6.92 Å². The maximum Gasteiger partial charge on any atom is 0.264 e. The normalized spacial score (nSPS) is 13.9. The third kappa shape index (κ3) is 5.98. The monoisotopic (exact) mass is 495 g/mol. The van der Waals surface area contributed by atoms with E-state index in [4.69, 9.17) is 4.74 Å². The molecule has 0 spiro atoms. The molecular weight excluding hydrogens is 470 g/mol. The molecule has 4 rings (SSSR count). The van der Waals surface area contributed by atoms with Crippen LogP contribution in [0.25, 0.3) is 0 Å². The molecule has 7 nitrogen and oxygen atoms in total. The van der Waals surface area contributed by atoms with Crippen molar-refractivity contribution in [3.05, 3.63) is 90.0 Å². The molecule has 1 fully saturated rings. The van der Waals surface area contributed by atoms with E-state index in [0.29, 0.717) is 5.69 Å². The van der Waals surface area contributed by atoms with Crippen molar-refractivity contribution in [3.63, 3.8) is 0 Å². The van der Waals surface area contributed by atoms with Gasteiger partial charge in [0.05, 0.1) is 16.8 Å². The molecule has 1 saturated heterocycles. The van der Waals surface area contributed by atoms with Gasteiger partial charge in [-0.3, -0.25) is 9.10 Å². The average molecular weight is 496 g/mol. The van der Waals surface area contributed by atoms with E-state index < -0.39 is 22.5 Å². The number of anilines is 1. The Kier molecular flexibility index (Phi) is 7.54. The van der Waals surface area contributed by atoms with Crippen LogP contribution < -0.4 is 14.5 Å². The SMILES string of the molecule is Cc1ccc(S(=O)(=O)N(CC(=O)N/N=C/c2ccc(OC3CSC3)cc2)c2ccccc2)cc1. The summed E-state index contributed by atoms with van der Waals surface area (Å²) >= 11 is 1.86. The van der Waals surface area contributed by atoms with Crippen molar-refractivity contribution in [3.8, 4) is 5.75 Å². The second kappa shape index (κ2) is 10.8. The molecule has 0 unspecified atom stereocenters. The first kappa shape index (κ1) is 23.8. The number of nitrogens with one attached hydrogen (secondary N) is 1. The molecular formula is C25H25N3O4S2. The van der Waals surface area contributed by atoms with Gasteiger partial charge in [0.2, 0.25) is 0 Å². The summed E-state index contributed by atoms with van der Waals surface area (Å²) in [5, 5.41) is 3.98. The fourth-order valence-corrected chi connectivity index (χ4v) is 5.18. The summed E-state index contributed by atoms with van der Waals surface area (Å²) in [5.41, 5.74) is 4.53. The Bertz CT molecular complexity index is 1240. The maximum absolute atomic E-state index is 13.3. The molecule has 1 N–H and O–H groups in total. The Morgan fingerprint density at radius 2 is 1.74 bits per heavy atom. The third-order valence-electron chi connectivity index (χ3n) is 5.13. The fraction of sp³-hybridized carbons (Fsp3) is 0.200. The number of hydrogen-bond acceptors (Lipinski definition) is 6. The third-order valence-corrected chi connectivity index (χ3v) is 8.14. The number of ether oxygens (including phenoxy) is 1. The van der Waals surface area contributed by atoms with E-state index in [9.17, 15) is 13.2 Å². The summed E-state index contributed by atoms with van der Waals surface area (Å²) in [5.74, 6) is 2.26. The topological polar surface area (TPSA) is 88.1 Å². The number of amides is 1. The van der Waals surface area contributed by atoms with Gasteiger partial charge >= 0.3 is 0 Å². The van der Waals surface area contributed by atoms with E-state index >= 15 is 0 Å². The molecule has 176 valence electrons. The Labute approximate surface area is 203 Å². The number of sulfonamides is 1. The van der Waals surface area contributed by atoms with E-state index in [0.717, 1.165) is 32.7 Å². The number of rotatable bonds is 9. The van der Waals surface area contributed by atoms with Crippen molar-refractivity contribution >= 4 is 39.6 Å². The van der Waals surface area contributed by atoms with Crippen molar-refractivity contribution in [1.82, 2.24) is 5.43 Å². The zero-order valence-electron chi connectivity index (χ0n) is 18.6. The summed E-state index contributed by atoms with van der Waals surface area (Å²) in [6.45, 7) is 1.47. The van der Waals surface area contributed by atoms with Crippen LogP contribution in [-0.4, -0.2) is 44.7 Å². The summed E-state index contributed by atoms with van der Waals surface area (Å²) in [4.78, 5) is 12.7. The van der Waals surface area contributed by atoms with Crippen LogP contribution in [0.1, 0.15) is 11.1 Å². The highest BCUT2D eigenvalue weighted by molar-refractivity contribution is 8.00. The predicted molar refractivity (Wildman–Crippen MR) is 136 cm³/mol. The predicted octanol–water partition coefficient (Wildman–Crippen LogP) is 3.83. The number of benzene rings is 3. The van der Waals surface area contributed by atoms with Gasteiger partial charge in [-0.05, 0) is 61.0 Å². The maximum atomic E-state index is 13.3. The highest BCUT2D eigenvalue weighted by atomic mass is 32.2. The number of para-hydroxylation sites is 1. The van der Waals surface area contributed by atoms with E-state index in [1.807, 2.05) is 43.0 Å². The van der Waals surface area contributed by atoms with Crippen LogP contribution in [-0.2, 0) is 14.8 Å². The molecule has 0 saturated carbocycles. The van der Waals surface area contributed by atoms with Crippen molar-refractivity contribution < 1.29 is 17.9 Å². The molecule has 0 aliphatic carbocycles. The van der Waals surface area contributed by atoms with Gasteiger partial charge in [0, 0.05) is 11.5 Å². The molecule has 0 bridgehead atoms. The number of carbonyl (C=O) groups excluding carboxylic acids is 1. The molecule has 1 amide bonds. The first-order valence-corrected chi connectivity index (χ1v) is 13.3. The lowest BCUT2D eigenvalue weighted by Gasteiger charge is -2.25. The van der Waals surface area contributed by atoms with Crippen LogP contribution in [0.4, 0.5) is 5.69 Å². The molecule has 3 aromatic rings. The second-order valence-corrected chi connectivity index (χ2v) is 10.7. The molecule has 0 radical (unpaired) electrons. The van der Waals surface area contributed by atoms with Crippen LogP contribution >= 0.6 is 11.8 Å². The Morgan fingerprint density at radius 1 is 1.06 bits per heavy atom. The number of nitrogens with zero attached hydrogens (tertiary/aromatic N) is 2. The summed E-state index contributed by atoms with van der Waals surface area (Å²) < 4.78 is 33.5. The number of aryl methyl sites for hydroxylation is 1. The Hall–Kier alpha value is -3.30. The minimum Gasteiger partial charge on any atom is -0.489 e. The average Bonchev–Trinajstić information content (AvgIpc) is 2.81. The quantitative estimate of drug-likeness (QED) is 0.360. The Balaban J connectivity index is 1.43. The zero-order chi connectivity index (χ0) is 24.0. The Morgan fingerprint density at radius 3 is 2.35 bits per heavy atom. The molecule has 0 aromatic heterocycles. The van der Waals surface area contributed by atoms with Gasteiger partial charge in [-0.2, -0.15) is 16.9 Å². The van der Waals surface area contributed by atoms with E-state index in [-0.39, 0.29) is 11.0 Å². The standard InChI is InChI=1S/C25H25N3O4S2/c1-19-7-13-24(14-8-19)34(30,31)28(21-5-3-2-4-6-21)16-25(29)27-26-15-20-9-11-22(12-10-20)32-23-17-33-18-23/h2-15,23H,16-18H2,1H3,(H,27,29)/b26-15+. The summed E-state index contributed by atoms with van der Waals surface area (Å²) in [7, 11) is -3.95. The molecule has 1 heterocycles. The smallest absolute Gasteiger partial charge is 0.264 e. The lowest BCUT2D eigenvalue weighted by atomic mass is 10.2. The second-order valence-electron chi connectivity index (χ2n) is 7.80. The van der Waals surface area contributed by atoms with Crippen LogP contribution in [0.5, 0.6) is 5.75 Å². The van der Waals surface area contributed by atoms with Crippen LogP contribution in [0.2, 0.25) is 0 Å². The number of thioether (sulfide) groups is 1. The first-order chi connectivity index (χ1) is 16.4. The molecule has 3 aromatic carbocycles. The summed E-state index contributed by atoms with van der Waals surface area (Å²) in [6.07, 6.45) is 1.77. The van der Waals surface area contributed by atoms with Gasteiger partial charge in [0.15, 0.2) is 0 Å².